The molecule has 1 aliphatic heterocycles. The Morgan fingerprint density at radius 2 is 1.74 bits per heavy atom. The molecule has 0 radical (unpaired) electrons. The predicted molar refractivity (Wildman–Crippen MR) is 118 cm³/mol. The summed E-state index contributed by atoms with van der Waals surface area (Å²) in [5.41, 5.74) is 4.78. The second-order valence-corrected chi connectivity index (χ2v) is 9.79. The van der Waals surface area contributed by atoms with Crippen LogP contribution in [0.15, 0.2) is 0 Å². The Bertz CT molecular complexity index is 659. The van der Waals surface area contributed by atoms with Gasteiger partial charge in [0.1, 0.15) is 23.7 Å². The van der Waals surface area contributed by atoms with Crippen LogP contribution in [-0.4, -0.2) is 59.0 Å². The molecule has 0 aromatic heterocycles. The van der Waals surface area contributed by atoms with E-state index in [0.29, 0.717) is 32.2 Å². The Morgan fingerprint density at radius 1 is 1.13 bits per heavy atom. The zero-order valence-electron chi connectivity index (χ0n) is 20.0. The molecule has 1 heterocycles. The highest BCUT2D eigenvalue weighted by Gasteiger charge is 2.39. The highest BCUT2D eigenvalue weighted by molar-refractivity contribution is 5.94. The number of hydrogen-bond acceptors (Lipinski definition) is 5. The number of nitrogens with one attached hydrogen (secondary N) is 2. The fraction of sp³-hybridized carbons (Fsp3) is 0.818. The van der Waals surface area contributed by atoms with E-state index in [9.17, 15) is 19.2 Å². The third kappa shape index (κ3) is 8.38. The normalized spacial score (nSPS) is 19.5. The zero-order chi connectivity index (χ0) is 23.9. The van der Waals surface area contributed by atoms with E-state index < -0.39 is 41.6 Å². The van der Waals surface area contributed by atoms with Crippen LogP contribution in [0.25, 0.3) is 0 Å². The summed E-state index contributed by atoms with van der Waals surface area (Å²) in [6.07, 6.45) is 1.58. The van der Waals surface area contributed by atoms with Gasteiger partial charge in [0.2, 0.25) is 17.7 Å². The fourth-order valence-corrected chi connectivity index (χ4v) is 3.62. The maximum atomic E-state index is 13.3. The SMILES string of the molecule is CCC(C)C(NC(=O)C1CCCN1C(=O)C(CC(C)C)NC(=O)OC(C)(C)C)C(N)=O. The van der Waals surface area contributed by atoms with Crippen molar-refractivity contribution in [1.82, 2.24) is 15.5 Å². The Kier molecular flexibility index (Phi) is 9.77. The minimum absolute atomic E-state index is 0.116. The lowest BCUT2D eigenvalue weighted by Crippen LogP contribution is -2.57. The monoisotopic (exact) mass is 440 g/mol. The van der Waals surface area contributed by atoms with E-state index in [4.69, 9.17) is 10.5 Å². The van der Waals surface area contributed by atoms with Gasteiger partial charge in [-0.1, -0.05) is 34.1 Å². The summed E-state index contributed by atoms with van der Waals surface area (Å²) in [6, 6.07) is -2.29. The van der Waals surface area contributed by atoms with Gasteiger partial charge in [-0.2, -0.15) is 0 Å². The average molecular weight is 441 g/mol. The second kappa shape index (κ2) is 11.3. The molecule has 9 heteroatoms. The molecule has 4 unspecified atom stereocenters. The first-order valence-corrected chi connectivity index (χ1v) is 11.2. The van der Waals surface area contributed by atoms with Gasteiger partial charge in [0.05, 0.1) is 0 Å². The molecule has 31 heavy (non-hydrogen) atoms. The van der Waals surface area contributed by atoms with Gasteiger partial charge in [-0.05, 0) is 51.9 Å². The average Bonchev–Trinajstić information content (AvgIpc) is 3.11. The summed E-state index contributed by atoms with van der Waals surface area (Å²) in [5.74, 6) is -1.28. The molecule has 0 aromatic carbocycles. The van der Waals surface area contributed by atoms with Crippen LogP contribution in [0, 0.1) is 11.8 Å². The summed E-state index contributed by atoms with van der Waals surface area (Å²) in [6.45, 7) is 13.3. The molecular weight excluding hydrogens is 400 g/mol. The highest BCUT2D eigenvalue weighted by atomic mass is 16.6. The van der Waals surface area contributed by atoms with Gasteiger partial charge < -0.3 is 26.0 Å². The van der Waals surface area contributed by atoms with Crippen LogP contribution in [0.3, 0.4) is 0 Å². The topological polar surface area (TPSA) is 131 Å². The number of amides is 4. The van der Waals surface area contributed by atoms with E-state index in [1.807, 2.05) is 27.7 Å². The van der Waals surface area contributed by atoms with Crippen molar-refractivity contribution in [2.24, 2.45) is 17.6 Å². The van der Waals surface area contributed by atoms with Crippen molar-refractivity contribution in [3.8, 4) is 0 Å². The van der Waals surface area contributed by atoms with Gasteiger partial charge in [-0.15, -0.1) is 0 Å². The van der Waals surface area contributed by atoms with E-state index in [1.165, 1.54) is 4.90 Å². The maximum Gasteiger partial charge on any atom is 0.408 e. The number of likely N-dealkylation sites (tertiary alicyclic amines) is 1. The Hall–Kier alpha value is -2.32. The molecule has 0 aliphatic carbocycles. The quantitative estimate of drug-likeness (QED) is 0.504. The van der Waals surface area contributed by atoms with Crippen LogP contribution >= 0.6 is 0 Å². The number of primary amides is 1. The van der Waals surface area contributed by atoms with Crippen LogP contribution in [0.5, 0.6) is 0 Å². The molecule has 0 spiro atoms. The molecule has 1 aliphatic rings. The van der Waals surface area contributed by atoms with E-state index in [1.54, 1.807) is 20.8 Å². The van der Waals surface area contributed by atoms with E-state index in [2.05, 4.69) is 10.6 Å². The number of hydrogen-bond donors (Lipinski definition) is 3. The van der Waals surface area contributed by atoms with Gasteiger partial charge in [-0.25, -0.2) is 4.79 Å². The van der Waals surface area contributed by atoms with Gasteiger partial charge >= 0.3 is 6.09 Å². The van der Waals surface area contributed by atoms with Crippen molar-refractivity contribution < 1.29 is 23.9 Å². The van der Waals surface area contributed by atoms with E-state index in [-0.39, 0.29) is 17.7 Å². The van der Waals surface area contributed by atoms with Gasteiger partial charge in [-0.3, -0.25) is 14.4 Å². The van der Waals surface area contributed by atoms with Crippen molar-refractivity contribution in [2.75, 3.05) is 6.54 Å². The molecule has 4 N–H and O–H groups in total. The van der Waals surface area contributed by atoms with Crippen molar-refractivity contribution in [2.45, 2.75) is 97.9 Å². The molecular formula is C22H40N4O5. The van der Waals surface area contributed by atoms with Crippen LogP contribution < -0.4 is 16.4 Å². The molecule has 1 fully saturated rings. The molecule has 4 atom stereocenters. The fourth-order valence-electron chi connectivity index (χ4n) is 3.62. The largest absolute Gasteiger partial charge is 0.444 e. The molecule has 9 nitrogen and oxygen atoms in total. The first kappa shape index (κ1) is 26.7. The Balaban J connectivity index is 2.96. The summed E-state index contributed by atoms with van der Waals surface area (Å²) in [5, 5.41) is 5.40. The van der Waals surface area contributed by atoms with Crippen LogP contribution in [0.2, 0.25) is 0 Å². The van der Waals surface area contributed by atoms with Gasteiger partial charge in [0.15, 0.2) is 0 Å². The summed E-state index contributed by atoms with van der Waals surface area (Å²) in [7, 11) is 0. The van der Waals surface area contributed by atoms with E-state index in [0.717, 1.165) is 0 Å². The molecule has 4 amide bonds. The van der Waals surface area contributed by atoms with Crippen LogP contribution in [0.4, 0.5) is 4.79 Å². The second-order valence-electron chi connectivity index (χ2n) is 9.79. The molecule has 1 saturated heterocycles. The standard InChI is InChI=1S/C22H40N4O5/c1-8-14(4)17(18(23)27)25-19(28)16-10-9-11-26(16)20(29)15(12-13(2)3)24-21(30)31-22(5,6)7/h13-17H,8-12H2,1-7H3,(H2,23,27)(H,24,30)(H,25,28). The number of ether oxygens (including phenoxy) is 1. The highest BCUT2D eigenvalue weighted by Crippen LogP contribution is 2.21. The summed E-state index contributed by atoms with van der Waals surface area (Å²) in [4.78, 5) is 51.8. The minimum atomic E-state index is -0.801. The van der Waals surface area contributed by atoms with Gasteiger partial charge in [0.25, 0.3) is 0 Å². The van der Waals surface area contributed by atoms with Crippen LogP contribution in [-0.2, 0) is 19.1 Å². The number of nitrogens with two attached hydrogens (primary N) is 1. The lowest BCUT2D eigenvalue weighted by atomic mass is 9.98. The number of alkyl carbamates (subject to hydrolysis) is 1. The third-order valence-electron chi connectivity index (χ3n) is 5.35. The number of nitrogens with zero attached hydrogens (tertiary/aromatic N) is 1. The Labute approximate surface area is 185 Å². The summed E-state index contributed by atoms with van der Waals surface area (Å²) < 4.78 is 5.30. The molecule has 0 bridgehead atoms. The maximum absolute atomic E-state index is 13.3. The third-order valence-corrected chi connectivity index (χ3v) is 5.35. The molecule has 1 rings (SSSR count). The molecule has 178 valence electrons. The summed E-state index contributed by atoms with van der Waals surface area (Å²) >= 11 is 0. The minimum Gasteiger partial charge on any atom is -0.444 e. The van der Waals surface area contributed by atoms with Crippen molar-refractivity contribution in [1.29, 1.82) is 0 Å². The molecule has 0 aromatic rings. The smallest absolute Gasteiger partial charge is 0.408 e. The van der Waals surface area contributed by atoms with Gasteiger partial charge in [0, 0.05) is 6.54 Å². The number of carbonyl (C=O) groups excluding carboxylic acids is 4. The first-order chi connectivity index (χ1) is 14.3. The van der Waals surface area contributed by atoms with Crippen molar-refractivity contribution >= 4 is 23.8 Å². The predicted octanol–water partition coefficient (Wildman–Crippen LogP) is 1.93. The van der Waals surface area contributed by atoms with Crippen molar-refractivity contribution in [3.05, 3.63) is 0 Å². The van der Waals surface area contributed by atoms with Crippen LogP contribution in [0.1, 0.15) is 74.1 Å². The number of carbonyl (C=O) groups is 4. The molecule has 0 saturated carbocycles. The van der Waals surface area contributed by atoms with E-state index >= 15 is 0 Å². The van der Waals surface area contributed by atoms with Crippen molar-refractivity contribution in [3.63, 3.8) is 0 Å². The Morgan fingerprint density at radius 3 is 2.23 bits per heavy atom. The first-order valence-electron chi connectivity index (χ1n) is 11.2. The zero-order valence-corrected chi connectivity index (χ0v) is 20.0. The lowest BCUT2D eigenvalue weighted by Gasteiger charge is -2.31. The lowest BCUT2D eigenvalue weighted by molar-refractivity contribution is -0.141. The number of rotatable bonds is 9.